The van der Waals surface area contributed by atoms with Crippen LogP contribution in [0.25, 0.3) is 0 Å². The number of ether oxygens (including phenoxy) is 2. The van der Waals surface area contributed by atoms with Gasteiger partial charge in [-0.3, -0.25) is 9.69 Å². The van der Waals surface area contributed by atoms with Gasteiger partial charge >= 0.3 is 11.9 Å². The Morgan fingerprint density at radius 2 is 1.92 bits per heavy atom. The number of carbonyl (C=O) groups excluding carboxylic acids is 2. The zero-order valence-electron chi connectivity index (χ0n) is 22.3. The van der Waals surface area contributed by atoms with Gasteiger partial charge in [-0.05, 0) is 73.7 Å². The number of cyclic esters (lactones) is 1. The maximum absolute atomic E-state index is 12.6. The van der Waals surface area contributed by atoms with Crippen molar-refractivity contribution in [1.29, 1.82) is 0 Å². The van der Waals surface area contributed by atoms with Gasteiger partial charge in [-0.1, -0.05) is 13.8 Å². The molecule has 4 aliphatic carbocycles. The van der Waals surface area contributed by atoms with E-state index in [1.54, 1.807) is 6.08 Å². The molecule has 6 aliphatic rings. The number of nitrogens with zero attached hydrogens (tertiary/aromatic N) is 1. The molecule has 6 rings (SSSR count). The number of piperazine rings is 1. The van der Waals surface area contributed by atoms with Gasteiger partial charge in [0.2, 0.25) is 0 Å². The lowest BCUT2D eigenvalue weighted by Gasteiger charge is -2.64. The first-order valence-electron chi connectivity index (χ1n) is 14.4. The Bertz CT molecular complexity index is 946. The molecule has 200 valence electrons. The minimum Gasteiger partial charge on any atom is -0.462 e. The fourth-order valence-electron chi connectivity index (χ4n) is 10.1. The van der Waals surface area contributed by atoms with Crippen LogP contribution in [0.5, 0.6) is 0 Å². The van der Waals surface area contributed by atoms with Gasteiger partial charge in [0.25, 0.3) is 0 Å². The Balaban J connectivity index is 1.28. The third-order valence-electron chi connectivity index (χ3n) is 11.9. The van der Waals surface area contributed by atoms with Crippen molar-refractivity contribution < 1.29 is 24.2 Å². The number of rotatable bonds is 3. The van der Waals surface area contributed by atoms with E-state index in [1.165, 1.54) is 45.7 Å². The van der Waals surface area contributed by atoms with E-state index in [9.17, 15) is 14.7 Å². The maximum Gasteiger partial charge on any atom is 0.331 e. The Morgan fingerprint density at radius 1 is 1.14 bits per heavy atom. The van der Waals surface area contributed by atoms with E-state index in [4.69, 9.17) is 9.47 Å². The number of hydrogen-bond acceptors (Lipinski definition) is 7. The summed E-state index contributed by atoms with van der Waals surface area (Å²) in [5, 5.41) is 16.1. The van der Waals surface area contributed by atoms with Crippen molar-refractivity contribution in [2.75, 3.05) is 32.8 Å². The van der Waals surface area contributed by atoms with Crippen LogP contribution >= 0.6 is 0 Å². The number of hydrogen-bond donors (Lipinski definition) is 2. The second-order valence-corrected chi connectivity index (χ2v) is 13.2. The molecule has 2 heterocycles. The zero-order valence-corrected chi connectivity index (χ0v) is 22.3. The van der Waals surface area contributed by atoms with Crippen LogP contribution in [0, 0.1) is 34.5 Å². The normalized spacial score (nSPS) is 48.9. The summed E-state index contributed by atoms with van der Waals surface area (Å²) in [6.07, 6.45) is 9.63. The van der Waals surface area contributed by atoms with Gasteiger partial charge in [0.1, 0.15) is 12.7 Å². The topological polar surface area (TPSA) is 88.1 Å². The molecule has 2 aliphatic heterocycles. The van der Waals surface area contributed by atoms with E-state index in [-0.39, 0.29) is 35.8 Å². The lowest BCUT2D eigenvalue weighted by atomic mass is 9.43. The molecule has 1 saturated heterocycles. The Morgan fingerprint density at radius 3 is 2.61 bits per heavy atom. The average molecular weight is 501 g/mol. The molecule has 0 aromatic rings. The molecule has 9 unspecified atom stereocenters. The van der Waals surface area contributed by atoms with E-state index in [2.05, 4.69) is 24.1 Å². The first-order valence-corrected chi connectivity index (χ1v) is 14.4. The van der Waals surface area contributed by atoms with Crippen molar-refractivity contribution in [2.45, 2.75) is 89.9 Å². The van der Waals surface area contributed by atoms with Crippen molar-refractivity contribution in [3.05, 3.63) is 11.6 Å². The molecule has 4 saturated carbocycles. The molecule has 7 heteroatoms. The molecule has 0 amide bonds. The van der Waals surface area contributed by atoms with E-state index >= 15 is 0 Å². The molecule has 5 fully saturated rings. The Kier molecular flexibility index (Phi) is 6.08. The van der Waals surface area contributed by atoms with Gasteiger partial charge in [-0.15, -0.1) is 0 Å². The summed E-state index contributed by atoms with van der Waals surface area (Å²) in [5.74, 6) is 0.590. The molecular weight excluding hydrogens is 456 g/mol. The van der Waals surface area contributed by atoms with Crippen LogP contribution in [0.2, 0.25) is 0 Å². The van der Waals surface area contributed by atoms with Gasteiger partial charge in [-0.2, -0.15) is 0 Å². The molecule has 0 spiro atoms. The molecule has 7 nitrogen and oxygen atoms in total. The number of nitrogens with one attached hydrogen (secondary N) is 1. The van der Waals surface area contributed by atoms with Gasteiger partial charge in [0.05, 0.1) is 5.60 Å². The van der Waals surface area contributed by atoms with Crippen LogP contribution in [0.3, 0.4) is 0 Å². The summed E-state index contributed by atoms with van der Waals surface area (Å²) in [6, 6.07) is 0.703. The summed E-state index contributed by atoms with van der Waals surface area (Å²) < 4.78 is 11.1. The van der Waals surface area contributed by atoms with Crippen LogP contribution in [0.15, 0.2) is 11.6 Å². The molecule has 0 radical (unpaired) electrons. The monoisotopic (exact) mass is 500 g/mol. The van der Waals surface area contributed by atoms with Crippen molar-refractivity contribution in [3.63, 3.8) is 0 Å². The van der Waals surface area contributed by atoms with Gasteiger partial charge in [0, 0.05) is 63.0 Å². The first-order chi connectivity index (χ1) is 17.2. The fourth-order valence-corrected chi connectivity index (χ4v) is 10.1. The van der Waals surface area contributed by atoms with E-state index in [0.29, 0.717) is 24.3 Å². The van der Waals surface area contributed by atoms with Crippen LogP contribution in [0.1, 0.15) is 72.1 Å². The highest BCUT2D eigenvalue weighted by atomic mass is 16.5. The van der Waals surface area contributed by atoms with Crippen molar-refractivity contribution in [2.24, 2.45) is 34.5 Å². The van der Waals surface area contributed by atoms with E-state index in [0.717, 1.165) is 37.9 Å². The standard InChI is InChI=1S/C29H44N2O5/c1-18(32)36-24-16-29(34)23-5-4-20-15-21(31-12-10-30-11-13-31)6-8-27(20,2)22(23)7-9-28(29,3)26(24)19-14-25(33)35-17-19/h14,20-24,26,30,34H,4-13,15-17H2,1-3H3. The minimum absolute atomic E-state index is 0.173. The molecule has 0 bridgehead atoms. The fraction of sp³-hybridized carbons (Fsp3) is 0.862. The second kappa shape index (κ2) is 8.81. The minimum atomic E-state index is -0.906. The van der Waals surface area contributed by atoms with E-state index in [1.807, 2.05) is 0 Å². The van der Waals surface area contributed by atoms with Crippen molar-refractivity contribution >= 4 is 11.9 Å². The predicted molar refractivity (Wildman–Crippen MR) is 135 cm³/mol. The third kappa shape index (κ3) is 3.63. The Hall–Kier alpha value is -1.44. The van der Waals surface area contributed by atoms with Gasteiger partial charge < -0.3 is 19.9 Å². The lowest BCUT2D eigenvalue weighted by molar-refractivity contribution is -0.206. The zero-order chi connectivity index (χ0) is 25.3. The average Bonchev–Trinajstić information content (AvgIpc) is 3.36. The van der Waals surface area contributed by atoms with Crippen LogP contribution in [0.4, 0.5) is 0 Å². The lowest BCUT2D eigenvalue weighted by Crippen LogP contribution is -2.63. The SMILES string of the molecule is CC(=O)OC1CC2(O)C3CCC4CC(N5CCNCC5)CCC4(C)C3CCC2(C)C1C1=CC(=O)OC1. The summed E-state index contributed by atoms with van der Waals surface area (Å²) in [5.41, 5.74) is -0.198. The smallest absolute Gasteiger partial charge is 0.331 e. The van der Waals surface area contributed by atoms with Gasteiger partial charge in [0.15, 0.2) is 0 Å². The maximum atomic E-state index is 12.6. The van der Waals surface area contributed by atoms with E-state index < -0.39 is 17.1 Å². The molecule has 9 atom stereocenters. The number of fused-ring (bicyclic) bond motifs is 5. The van der Waals surface area contributed by atoms with Crippen LogP contribution in [-0.4, -0.2) is 72.5 Å². The number of aliphatic hydroxyl groups is 1. The number of esters is 2. The molecule has 0 aromatic heterocycles. The largest absolute Gasteiger partial charge is 0.462 e. The van der Waals surface area contributed by atoms with Crippen molar-refractivity contribution in [1.82, 2.24) is 10.2 Å². The van der Waals surface area contributed by atoms with Gasteiger partial charge in [-0.25, -0.2) is 4.79 Å². The number of carbonyl (C=O) groups is 2. The summed E-state index contributed by atoms with van der Waals surface area (Å²) in [6.45, 7) is 10.9. The Labute approximate surface area is 215 Å². The quantitative estimate of drug-likeness (QED) is 0.576. The van der Waals surface area contributed by atoms with Crippen molar-refractivity contribution in [3.8, 4) is 0 Å². The molecular formula is C29H44N2O5. The summed E-state index contributed by atoms with van der Waals surface area (Å²) in [7, 11) is 0. The highest BCUT2D eigenvalue weighted by Crippen LogP contribution is 2.70. The van der Waals surface area contributed by atoms with Crippen LogP contribution in [-0.2, 0) is 19.1 Å². The first kappa shape index (κ1) is 24.9. The highest BCUT2D eigenvalue weighted by Gasteiger charge is 2.71. The highest BCUT2D eigenvalue weighted by molar-refractivity contribution is 5.85. The summed E-state index contributed by atoms with van der Waals surface area (Å²) >= 11 is 0. The predicted octanol–water partition coefficient (Wildman–Crippen LogP) is 3.06. The third-order valence-corrected chi connectivity index (χ3v) is 11.9. The molecule has 0 aromatic carbocycles. The molecule has 2 N–H and O–H groups in total. The summed E-state index contributed by atoms with van der Waals surface area (Å²) in [4.78, 5) is 26.8. The van der Waals surface area contributed by atoms with Crippen LogP contribution < -0.4 is 5.32 Å². The molecule has 36 heavy (non-hydrogen) atoms. The second-order valence-electron chi connectivity index (χ2n) is 13.2.